The molecular weight excluding hydrogens is 1400 g/mol. The topological polar surface area (TPSA) is 237 Å². The number of hydrogen-bond donors (Lipinski definition) is 3. The van der Waals surface area contributed by atoms with Gasteiger partial charge in [0.2, 0.25) is 0 Å². The molecule has 0 fully saturated rings. The van der Waals surface area contributed by atoms with E-state index in [-0.39, 0.29) is 25.7 Å². The molecule has 0 saturated heterocycles. The Morgan fingerprint density at radius 2 is 0.472 bits per heavy atom. The molecule has 642 valence electrons. The van der Waals surface area contributed by atoms with Gasteiger partial charge in [0.15, 0.2) is 12.2 Å². The molecule has 0 heterocycles. The Balaban J connectivity index is 5.25. The van der Waals surface area contributed by atoms with Crippen molar-refractivity contribution in [2.75, 3.05) is 39.6 Å². The van der Waals surface area contributed by atoms with Gasteiger partial charge in [0.1, 0.15) is 19.3 Å². The molecule has 3 unspecified atom stereocenters. The van der Waals surface area contributed by atoms with E-state index in [4.69, 9.17) is 37.0 Å². The first-order valence-electron chi connectivity index (χ1n) is 46.0. The molecule has 3 N–H and O–H groups in total. The zero-order valence-electron chi connectivity index (χ0n) is 71.2. The van der Waals surface area contributed by atoms with Crippen LogP contribution in [0.15, 0.2) is 0 Å². The molecule has 108 heavy (non-hydrogen) atoms. The van der Waals surface area contributed by atoms with Gasteiger partial charge in [-0.1, -0.05) is 427 Å². The lowest BCUT2D eigenvalue weighted by molar-refractivity contribution is -0.161. The molecule has 0 aliphatic heterocycles. The second kappa shape index (κ2) is 80.3. The highest BCUT2D eigenvalue weighted by atomic mass is 31.2. The highest BCUT2D eigenvalue weighted by Gasteiger charge is 2.31. The fourth-order valence-electron chi connectivity index (χ4n) is 13.9. The van der Waals surface area contributed by atoms with Crippen LogP contribution in [0, 0.1) is 11.8 Å². The monoisotopic (exact) mass is 1580 g/mol. The summed E-state index contributed by atoms with van der Waals surface area (Å²) in [5.41, 5.74) is 0. The lowest BCUT2D eigenvalue weighted by Crippen LogP contribution is -2.30. The summed E-state index contributed by atoms with van der Waals surface area (Å²) in [6.45, 7) is 9.76. The van der Waals surface area contributed by atoms with Gasteiger partial charge in [-0.05, 0) is 37.5 Å². The number of rotatable bonds is 88. The van der Waals surface area contributed by atoms with Crippen LogP contribution in [0.1, 0.15) is 478 Å². The summed E-state index contributed by atoms with van der Waals surface area (Å²) >= 11 is 0. The number of phosphoric ester groups is 2. The number of phosphoric acid groups is 2. The van der Waals surface area contributed by atoms with Gasteiger partial charge in [-0.25, -0.2) is 9.13 Å². The molecule has 0 amide bonds. The van der Waals surface area contributed by atoms with E-state index in [9.17, 15) is 43.2 Å². The van der Waals surface area contributed by atoms with E-state index in [1.165, 1.54) is 295 Å². The first-order chi connectivity index (χ1) is 52.4. The quantitative estimate of drug-likeness (QED) is 0.0222. The minimum absolute atomic E-state index is 0.108. The van der Waals surface area contributed by atoms with Gasteiger partial charge >= 0.3 is 39.5 Å². The summed E-state index contributed by atoms with van der Waals surface area (Å²) in [5.74, 6) is -0.471. The maximum Gasteiger partial charge on any atom is 0.472 e. The molecule has 6 atom stereocenters. The van der Waals surface area contributed by atoms with Crippen molar-refractivity contribution in [2.24, 2.45) is 11.8 Å². The maximum atomic E-state index is 13.2. The molecule has 0 aliphatic carbocycles. The van der Waals surface area contributed by atoms with Gasteiger partial charge < -0.3 is 33.8 Å². The average molecular weight is 1580 g/mol. The summed E-state index contributed by atoms with van der Waals surface area (Å²) in [7, 11) is -9.93. The van der Waals surface area contributed by atoms with Crippen molar-refractivity contribution in [2.45, 2.75) is 496 Å². The second-order valence-electron chi connectivity index (χ2n) is 32.7. The van der Waals surface area contributed by atoms with E-state index in [1.54, 1.807) is 0 Å². The minimum atomic E-state index is -4.97. The van der Waals surface area contributed by atoms with Gasteiger partial charge in [0.05, 0.1) is 26.4 Å². The number of carbonyl (C=O) groups is 4. The minimum Gasteiger partial charge on any atom is -0.462 e. The summed E-state index contributed by atoms with van der Waals surface area (Å²) < 4.78 is 69.0. The van der Waals surface area contributed by atoms with Crippen LogP contribution in [-0.4, -0.2) is 96.7 Å². The zero-order valence-corrected chi connectivity index (χ0v) is 73.0. The van der Waals surface area contributed by atoms with Crippen LogP contribution in [-0.2, 0) is 65.4 Å². The summed E-state index contributed by atoms with van der Waals surface area (Å²) in [4.78, 5) is 73.4. The van der Waals surface area contributed by atoms with E-state index < -0.39 is 97.5 Å². The lowest BCUT2D eigenvalue weighted by Gasteiger charge is -2.21. The fraction of sp³-hybridized carbons (Fsp3) is 0.955. The van der Waals surface area contributed by atoms with E-state index in [1.807, 2.05) is 0 Å². The van der Waals surface area contributed by atoms with Crippen molar-refractivity contribution < 1.29 is 80.2 Å². The Morgan fingerprint density at radius 3 is 0.704 bits per heavy atom. The Morgan fingerprint density at radius 1 is 0.269 bits per heavy atom. The predicted molar refractivity (Wildman–Crippen MR) is 446 cm³/mol. The van der Waals surface area contributed by atoms with Crippen molar-refractivity contribution in [3.05, 3.63) is 0 Å². The highest BCUT2D eigenvalue weighted by Crippen LogP contribution is 2.45. The van der Waals surface area contributed by atoms with E-state index >= 15 is 0 Å². The van der Waals surface area contributed by atoms with Crippen molar-refractivity contribution in [3.8, 4) is 0 Å². The lowest BCUT2D eigenvalue weighted by atomic mass is 9.99. The molecule has 0 bridgehead atoms. The van der Waals surface area contributed by atoms with Crippen molar-refractivity contribution >= 4 is 39.5 Å². The third kappa shape index (κ3) is 80.7. The largest absolute Gasteiger partial charge is 0.472 e. The molecule has 0 rings (SSSR count). The normalized spacial score (nSPS) is 14.0. The van der Waals surface area contributed by atoms with Crippen LogP contribution in [0.5, 0.6) is 0 Å². The number of hydrogen-bond acceptors (Lipinski definition) is 15. The van der Waals surface area contributed by atoms with Gasteiger partial charge in [0.25, 0.3) is 0 Å². The van der Waals surface area contributed by atoms with Gasteiger partial charge in [-0.3, -0.25) is 37.3 Å². The number of esters is 4. The predicted octanol–water partition coefficient (Wildman–Crippen LogP) is 27.4. The summed E-state index contributed by atoms with van der Waals surface area (Å²) in [6.07, 6.45) is 73.5. The number of ether oxygens (including phenoxy) is 4. The zero-order chi connectivity index (χ0) is 79.2. The molecule has 0 aliphatic rings. The third-order valence-electron chi connectivity index (χ3n) is 21.3. The van der Waals surface area contributed by atoms with Crippen molar-refractivity contribution in [1.29, 1.82) is 0 Å². The molecule has 0 aromatic carbocycles. The van der Waals surface area contributed by atoms with E-state index in [0.29, 0.717) is 25.7 Å². The smallest absolute Gasteiger partial charge is 0.462 e. The van der Waals surface area contributed by atoms with Crippen LogP contribution in [0.4, 0.5) is 0 Å². The number of aliphatic hydroxyl groups is 1. The highest BCUT2D eigenvalue weighted by molar-refractivity contribution is 7.47. The van der Waals surface area contributed by atoms with Gasteiger partial charge in [0, 0.05) is 25.7 Å². The molecule has 0 spiro atoms. The first kappa shape index (κ1) is 106. The summed E-state index contributed by atoms with van der Waals surface area (Å²) in [5, 5.41) is 10.7. The standard InChI is InChI=1S/C89H174O17P2/c1-7-10-12-14-16-18-20-22-23-24-25-26-27-28-29-30-36-43-49-55-61-67-73-88(93)105-84(78-100-87(92)72-66-60-54-48-42-35-32-31-34-40-46-52-58-64-70-82(6)9-3)79-103-107(95,96)101-75-83(90)76-102-108(97,98)104-80-85(77-99-86(91)71-65-59-53-47-41-33-21-19-17-15-13-11-8-2)106-89(94)74-68-62-56-50-44-38-37-39-45-51-57-63-69-81(4)5/h81-85,90H,7-80H2,1-6H3,(H,95,96)(H,97,98)/t82?,83-,84-,85-/m1/s1. The Labute approximate surface area is 664 Å². The number of carbonyl (C=O) groups excluding carboxylic acids is 4. The van der Waals surface area contributed by atoms with Gasteiger partial charge in [-0.15, -0.1) is 0 Å². The van der Waals surface area contributed by atoms with Crippen molar-refractivity contribution in [3.63, 3.8) is 0 Å². The molecule has 0 aromatic heterocycles. The van der Waals surface area contributed by atoms with Crippen molar-refractivity contribution in [1.82, 2.24) is 0 Å². The molecule has 17 nitrogen and oxygen atoms in total. The molecule has 0 radical (unpaired) electrons. The van der Waals surface area contributed by atoms with Gasteiger partial charge in [-0.2, -0.15) is 0 Å². The second-order valence-corrected chi connectivity index (χ2v) is 35.6. The first-order valence-corrected chi connectivity index (χ1v) is 49.0. The third-order valence-corrected chi connectivity index (χ3v) is 23.2. The molecule has 0 saturated carbocycles. The van der Waals surface area contributed by atoms with Crippen LogP contribution < -0.4 is 0 Å². The Bertz CT molecular complexity index is 2070. The van der Waals surface area contributed by atoms with Crippen LogP contribution in [0.3, 0.4) is 0 Å². The van der Waals surface area contributed by atoms with E-state index in [2.05, 4.69) is 41.5 Å². The van der Waals surface area contributed by atoms with Crippen LogP contribution in [0.25, 0.3) is 0 Å². The molecule has 19 heteroatoms. The molecular formula is C89H174O17P2. The number of unbranched alkanes of at least 4 members (excludes halogenated alkanes) is 57. The molecule has 0 aromatic rings. The van der Waals surface area contributed by atoms with E-state index in [0.717, 1.165) is 102 Å². The summed E-state index contributed by atoms with van der Waals surface area (Å²) in [6, 6.07) is 0. The van der Waals surface area contributed by atoms with Crippen LogP contribution >= 0.6 is 15.6 Å². The fourth-order valence-corrected chi connectivity index (χ4v) is 15.5. The number of aliphatic hydroxyl groups excluding tert-OH is 1. The maximum absolute atomic E-state index is 13.2. The Kier molecular flexibility index (Phi) is 78.8. The Hall–Kier alpha value is -1.94. The average Bonchev–Trinajstić information content (AvgIpc) is 0.890. The SMILES string of the molecule is CCCCCCCCCCCCCCCCCCCCCCCCC(=O)O[C@H](COC(=O)CCCCCCCCCCCCCCCCC(C)CC)COP(=O)(O)OC[C@@H](O)COP(=O)(O)OC[C@@H](COC(=O)CCCCCCCCCCCCCCC)OC(=O)CCCCCCCCCCCCCCC(C)C. The van der Waals surface area contributed by atoms with Crippen LogP contribution in [0.2, 0.25) is 0 Å².